The number of ether oxygens (including phenoxy) is 1. The van der Waals surface area contributed by atoms with Crippen molar-refractivity contribution in [3.63, 3.8) is 0 Å². The molecular weight excluding hydrogens is 428 g/mol. The van der Waals surface area contributed by atoms with Crippen molar-refractivity contribution >= 4 is 38.3 Å². The van der Waals surface area contributed by atoms with Crippen LogP contribution in [0, 0.1) is 24.0 Å². The van der Waals surface area contributed by atoms with Crippen LogP contribution in [0.25, 0.3) is 10.2 Å². The van der Waals surface area contributed by atoms with Crippen molar-refractivity contribution in [2.75, 3.05) is 44.3 Å². The lowest BCUT2D eigenvalue weighted by Gasteiger charge is -2.27. The van der Waals surface area contributed by atoms with Gasteiger partial charge in [0.05, 0.1) is 28.4 Å². The van der Waals surface area contributed by atoms with Crippen LogP contribution in [-0.4, -0.2) is 60.1 Å². The van der Waals surface area contributed by atoms with E-state index in [1.54, 1.807) is 17.0 Å². The van der Waals surface area contributed by atoms with Crippen LogP contribution < -0.4 is 4.90 Å². The number of rotatable bonds is 7. The number of carbonyl (C=O) groups excluding carboxylic acids is 1. The maximum Gasteiger partial charge on any atom is 0.270 e. The molecule has 8 nitrogen and oxygen atoms in total. The summed E-state index contributed by atoms with van der Waals surface area (Å²) in [7, 11) is 0. The fraction of sp³-hybridized carbons (Fsp3) is 0.391. The van der Waals surface area contributed by atoms with E-state index in [4.69, 9.17) is 9.72 Å². The summed E-state index contributed by atoms with van der Waals surface area (Å²) in [6, 6.07) is 10.0. The molecular formula is C23H26N4O4S. The molecule has 1 saturated heterocycles. The second-order valence-electron chi connectivity index (χ2n) is 7.97. The number of aromatic nitrogens is 1. The van der Waals surface area contributed by atoms with Gasteiger partial charge >= 0.3 is 0 Å². The normalized spacial score (nSPS) is 14.6. The first-order valence-electron chi connectivity index (χ1n) is 10.7. The number of aryl methyl sites for hydroxylation is 2. The molecule has 1 aliphatic rings. The number of anilines is 1. The van der Waals surface area contributed by atoms with E-state index in [1.165, 1.54) is 29.0 Å². The van der Waals surface area contributed by atoms with E-state index < -0.39 is 4.92 Å². The third kappa shape index (κ3) is 4.95. The molecule has 0 bridgehead atoms. The second-order valence-corrected chi connectivity index (χ2v) is 8.98. The van der Waals surface area contributed by atoms with E-state index in [0.717, 1.165) is 55.0 Å². The number of hydrogen-bond donors (Lipinski definition) is 0. The standard InChI is InChI=1S/C23H26N4O4S/c1-16-13-20-21(14-17(16)2)32-23(24-20)26(8-4-7-25-9-11-31-12-10-25)22(28)18-5-3-6-19(15-18)27(29)30/h3,5-6,13-15H,4,7-12H2,1-2H3. The number of fused-ring (bicyclic) bond motifs is 1. The average molecular weight is 455 g/mol. The Labute approximate surface area is 190 Å². The number of non-ortho nitro benzene ring substituents is 1. The van der Waals surface area contributed by atoms with Crippen LogP contribution in [0.1, 0.15) is 27.9 Å². The molecule has 1 aromatic heterocycles. The third-order valence-electron chi connectivity index (χ3n) is 5.73. The van der Waals surface area contributed by atoms with Gasteiger partial charge in [-0.2, -0.15) is 0 Å². The molecule has 1 fully saturated rings. The van der Waals surface area contributed by atoms with Crippen molar-refractivity contribution in [3.8, 4) is 0 Å². The molecule has 168 valence electrons. The van der Waals surface area contributed by atoms with Gasteiger partial charge in [-0.25, -0.2) is 4.98 Å². The van der Waals surface area contributed by atoms with Crippen molar-refractivity contribution in [1.82, 2.24) is 9.88 Å². The van der Waals surface area contributed by atoms with Crippen LogP contribution in [0.4, 0.5) is 10.8 Å². The number of hydrogen-bond acceptors (Lipinski definition) is 7. The first kappa shape index (κ1) is 22.3. The van der Waals surface area contributed by atoms with Gasteiger partial charge in [-0.3, -0.25) is 24.7 Å². The second kappa shape index (κ2) is 9.72. The number of nitro groups is 1. The molecule has 2 heterocycles. The summed E-state index contributed by atoms with van der Waals surface area (Å²) < 4.78 is 6.43. The van der Waals surface area contributed by atoms with Gasteiger partial charge in [0, 0.05) is 43.9 Å². The summed E-state index contributed by atoms with van der Waals surface area (Å²) in [4.78, 5) is 32.9. The Morgan fingerprint density at radius 1 is 1.22 bits per heavy atom. The van der Waals surface area contributed by atoms with E-state index in [2.05, 4.69) is 17.9 Å². The van der Waals surface area contributed by atoms with Crippen LogP contribution in [0.15, 0.2) is 36.4 Å². The highest BCUT2D eigenvalue weighted by atomic mass is 32.1. The molecule has 0 N–H and O–H groups in total. The minimum Gasteiger partial charge on any atom is -0.379 e. The Hall–Kier alpha value is -2.88. The molecule has 1 aliphatic heterocycles. The first-order valence-corrected chi connectivity index (χ1v) is 11.5. The minimum absolute atomic E-state index is 0.0975. The predicted octanol–water partition coefficient (Wildman–Crippen LogP) is 4.19. The Kier molecular flexibility index (Phi) is 6.78. The topological polar surface area (TPSA) is 88.8 Å². The van der Waals surface area contributed by atoms with Crippen LogP contribution in [0.5, 0.6) is 0 Å². The molecule has 1 amide bonds. The molecule has 0 aliphatic carbocycles. The van der Waals surface area contributed by atoms with Gasteiger partial charge in [0.25, 0.3) is 11.6 Å². The predicted molar refractivity (Wildman–Crippen MR) is 126 cm³/mol. The highest BCUT2D eigenvalue weighted by molar-refractivity contribution is 7.22. The van der Waals surface area contributed by atoms with Gasteiger partial charge in [-0.1, -0.05) is 17.4 Å². The number of thiazole rings is 1. The summed E-state index contributed by atoms with van der Waals surface area (Å²) in [5.74, 6) is -0.275. The van der Waals surface area contributed by atoms with E-state index >= 15 is 0 Å². The van der Waals surface area contributed by atoms with Crippen LogP contribution in [-0.2, 0) is 4.74 Å². The number of nitrogens with zero attached hydrogens (tertiary/aromatic N) is 4. The zero-order valence-corrected chi connectivity index (χ0v) is 19.1. The number of carbonyl (C=O) groups is 1. The Morgan fingerprint density at radius 3 is 2.72 bits per heavy atom. The fourth-order valence-electron chi connectivity index (χ4n) is 3.75. The molecule has 3 aromatic rings. The lowest BCUT2D eigenvalue weighted by Crippen LogP contribution is -2.39. The average Bonchev–Trinajstić information content (AvgIpc) is 3.19. The van der Waals surface area contributed by atoms with E-state index in [1.807, 2.05) is 13.0 Å². The van der Waals surface area contributed by atoms with Gasteiger partial charge in [-0.05, 0) is 49.6 Å². The Balaban J connectivity index is 1.62. The van der Waals surface area contributed by atoms with Crippen LogP contribution >= 0.6 is 11.3 Å². The molecule has 9 heteroatoms. The van der Waals surface area contributed by atoms with E-state index in [9.17, 15) is 14.9 Å². The SMILES string of the molecule is Cc1cc2nc(N(CCCN3CCOCC3)C(=O)c3cccc([N+](=O)[O-])c3)sc2cc1C. The molecule has 2 aromatic carbocycles. The van der Waals surface area contributed by atoms with Crippen LogP contribution in [0.2, 0.25) is 0 Å². The van der Waals surface area contributed by atoms with Gasteiger partial charge in [0.2, 0.25) is 0 Å². The van der Waals surface area contributed by atoms with Crippen molar-refractivity contribution < 1.29 is 14.5 Å². The third-order valence-corrected chi connectivity index (χ3v) is 6.77. The summed E-state index contributed by atoms with van der Waals surface area (Å²) >= 11 is 1.47. The summed E-state index contributed by atoms with van der Waals surface area (Å²) in [5, 5.41) is 11.8. The lowest BCUT2D eigenvalue weighted by molar-refractivity contribution is -0.384. The number of nitro benzene ring substituents is 1. The van der Waals surface area contributed by atoms with E-state index in [-0.39, 0.29) is 17.2 Å². The van der Waals surface area contributed by atoms with Crippen molar-refractivity contribution in [3.05, 3.63) is 63.2 Å². The summed E-state index contributed by atoms with van der Waals surface area (Å²) in [6.07, 6.45) is 0.772. The zero-order chi connectivity index (χ0) is 22.7. The Morgan fingerprint density at radius 2 is 1.97 bits per heavy atom. The zero-order valence-electron chi connectivity index (χ0n) is 18.2. The van der Waals surface area contributed by atoms with Crippen molar-refractivity contribution in [2.24, 2.45) is 0 Å². The maximum atomic E-state index is 13.4. The quantitative estimate of drug-likeness (QED) is 0.393. The fourth-order valence-corrected chi connectivity index (χ4v) is 4.82. The number of benzene rings is 2. The number of morpholine rings is 1. The largest absolute Gasteiger partial charge is 0.379 e. The smallest absolute Gasteiger partial charge is 0.270 e. The molecule has 32 heavy (non-hydrogen) atoms. The maximum absolute atomic E-state index is 13.4. The van der Waals surface area contributed by atoms with Crippen LogP contribution in [0.3, 0.4) is 0 Å². The Bertz CT molecular complexity index is 1100. The van der Waals surface area contributed by atoms with Crippen molar-refractivity contribution in [2.45, 2.75) is 20.3 Å². The molecule has 0 atom stereocenters. The van der Waals surface area contributed by atoms with Gasteiger partial charge < -0.3 is 4.74 Å². The highest BCUT2D eigenvalue weighted by Gasteiger charge is 2.23. The molecule has 0 unspecified atom stereocenters. The lowest BCUT2D eigenvalue weighted by atomic mass is 10.1. The highest BCUT2D eigenvalue weighted by Crippen LogP contribution is 2.32. The summed E-state index contributed by atoms with van der Waals surface area (Å²) in [6.45, 7) is 8.67. The monoisotopic (exact) mass is 454 g/mol. The number of amides is 1. The van der Waals surface area contributed by atoms with Gasteiger partial charge in [0.1, 0.15) is 0 Å². The minimum atomic E-state index is -0.483. The van der Waals surface area contributed by atoms with Crippen molar-refractivity contribution in [1.29, 1.82) is 0 Å². The molecule has 0 spiro atoms. The van der Waals surface area contributed by atoms with Gasteiger partial charge in [0.15, 0.2) is 5.13 Å². The first-order chi connectivity index (χ1) is 15.4. The molecule has 0 saturated carbocycles. The summed E-state index contributed by atoms with van der Waals surface area (Å²) in [5.41, 5.74) is 3.38. The van der Waals surface area contributed by atoms with Gasteiger partial charge in [-0.15, -0.1) is 0 Å². The molecule has 0 radical (unpaired) electrons. The molecule has 4 rings (SSSR count). The van der Waals surface area contributed by atoms with E-state index in [0.29, 0.717) is 11.7 Å².